The maximum Gasteiger partial charge on any atom is 0.306 e. The van der Waals surface area contributed by atoms with Gasteiger partial charge in [-0.3, -0.25) is 9.36 Å². The summed E-state index contributed by atoms with van der Waals surface area (Å²) < 4.78 is 34.3. The Labute approximate surface area is 327 Å². The van der Waals surface area contributed by atoms with E-state index in [1.807, 2.05) is 27.2 Å². The molecule has 9 heteroatoms. The van der Waals surface area contributed by atoms with Crippen molar-refractivity contribution in [3.8, 4) is 0 Å². The number of allylic oxidation sites excluding steroid dienone is 7. The Morgan fingerprint density at radius 2 is 1.06 bits per heavy atom. The van der Waals surface area contributed by atoms with Crippen LogP contribution in [0.4, 0.5) is 0 Å². The number of phosphoric ester groups is 1. The first-order chi connectivity index (χ1) is 25.6. The summed E-state index contributed by atoms with van der Waals surface area (Å²) in [6.45, 7) is 4.67. The summed E-state index contributed by atoms with van der Waals surface area (Å²) in [5.41, 5.74) is 0. The van der Waals surface area contributed by atoms with Gasteiger partial charge in [-0.15, -0.1) is 0 Å². The van der Waals surface area contributed by atoms with Crippen molar-refractivity contribution < 1.29 is 37.3 Å². The van der Waals surface area contributed by atoms with Crippen molar-refractivity contribution in [3.05, 3.63) is 48.8 Å². The molecule has 0 bridgehead atoms. The first kappa shape index (κ1) is 51.3. The summed E-state index contributed by atoms with van der Waals surface area (Å²) in [5, 5.41) is 0. The fourth-order valence-corrected chi connectivity index (χ4v) is 6.30. The minimum Gasteiger partial charge on any atom is -0.756 e. The summed E-state index contributed by atoms with van der Waals surface area (Å²) in [5.74, 6) is -0.378. The van der Waals surface area contributed by atoms with Crippen LogP contribution in [0.3, 0.4) is 0 Å². The Morgan fingerprint density at radius 3 is 1.60 bits per heavy atom. The van der Waals surface area contributed by atoms with Gasteiger partial charge >= 0.3 is 5.97 Å². The molecule has 0 aromatic rings. The number of rotatable bonds is 39. The number of esters is 1. The number of carbonyl (C=O) groups is 1. The molecular formula is C44H82NO7P. The summed E-state index contributed by atoms with van der Waals surface area (Å²) in [6.07, 6.45) is 44.9. The fraction of sp³-hybridized carbons (Fsp3) is 0.795. The van der Waals surface area contributed by atoms with Gasteiger partial charge in [0.25, 0.3) is 7.82 Å². The highest BCUT2D eigenvalue weighted by atomic mass is 31.2. The van der Waals surface area contributed by atoms with E-state index in [4.69, 9.17) is 18.5 Å². The van der Waals surface area contributed by atoms with Gasteiger partial charge in [-0.05, 0) is 63.9 Å². The van der Waals surface area contributed by atoms with E-state index >= 15 is 0 Å². The van der Waals surface area contributed by atoms with Crippen LogP contribution in [0, 0.1) is 0 Å². The van der Waals surface area contributed by atoms with Crippen LogP contribution in [0.25, 0.3) is 0 Å². The third-order valence-electron chi connectivity index (χ3n) is 8.95. The van der Waals surface area contributed by atoms with Crippen LogP contribution in [0.2, 0.25) is 0 Å². The number of quaternary nitrogens is 1. The quantitative estimate of drug-likeness (QED) is 0.0153. The summed E-state index contributed by atoms with van der Waals surface area (Å²) in [6, 6.07) is 0. The molecule has 0 aromatic heterocycles. The molecule has 2 unspecified atom stereocenters. The van der Waals surface area contributed by atoms with Crippen LogP contribution in [0.1, 0.15) is 174 Å². The molecule has 0 aliphatic heterocycles. The normalized spacial score (nSPS) is 14.2. The smallest absolute Gasteiger partial charge is 0.306 e. The highest BCUT2D eigenvalue weighted by Gasteiger charge is 2.20. The average molecular weight is 768 g/mol. The van der Waals surface area contributed by atoms with E-state index in [0.717, 1.165) is 57.8 Å². The van der Waals surface area contributed by atoms with Crippen LogP contribution in [-0.2, 0) is 27.9 Å². The Hall–Kier alpha value is -1.70. The minimum atomic E-state index is -4.54. The highest BCUT2D eigenvalue weighted by molar-refractivity contribution is 7.45. The molecule has 0 saturated heterocycles. The Morgan fingerprint density at radius 1 is 0.604 bits per heavy atom. The third kappa shape index (κ3) is 41.3. The van der Waals surface area contributed by atoms with Gasteiger partial charge in [-0.2, -0.15) is 0 Å². The SMILES string of the molecule is CCCCC/C=C\C/C=C\C/C=C\CCCCCCC(=O)OC(CO/C=C\CCCCCCCCCCCCCC)COP(=O)([O-])OCC[N+](C)(C)C. The Bertz CT molecular complexity index is 989. The Balaban J connectivity index is 4.36. The largest absolute Gasteiger partial charge is 0.756 e. The van der Waals surface area contributed by atoms with E-state index in [1.165, 1.54) is 96.3 Å². The van der Waals surface area contributed by atoms with E-state index in [9.17, 15) is 14.3 Å². The lowest BCUT2D eigenvalue weighted by Gasteiger charge is -2.28. The second-order valence-electron chi connectivity index (χ2n) is 15.4. The maximum absolute atomic E-state index is 12.6. The molecule has 0 aromatic carbocycles. The lowest BCUT2D eigenvalue weighted by molar-refractivity contribution is -0.870. The van der Waals surface area contributed by atoms with Gasteiger partial charge in [0.05, 0.1) is 34.0 Å². The van der Waals surface area contributed by atoms with Gasteiger partial charge in [-0.1, -0.05) is 147 Å². The van der Waals surface area contributed by atoms with Crippen LogP contribution in [0.15, 0.2) is 48.8 Å². The van der Waals surface area contributed by atoms with Crippen LogP contribution < -0.4 is 4.89 Å². The molecular weight excluding hydrogens is 685 g/mol. The fourth-order valence-electron chi connectivity index (χ4n) is 5.58. The van der Waals surface area contributed by atoms with Crippen molar-refractivity contribution in [2.24, 2.45) is 0 Å². The standard InChI is InChI=1S/C44H82NO7P/c1-6-8-10-12-14-16-18-20-22-23-24-25-27-29-31-33-35-37-44(46)52-43(42-51-53(47,48)50-40-38-45(3,4)5)41-49-39-36-34-32-30-28-26-21-19-17-15-13-11-9-7-2/h14,16,20,22,24-25,36,39,43H,6-13,15,17-19,21,23,26-35,37-38,40-42H2,1-5H3/b16-14-,22-20-,25-24-,39-36-. The zero-order valence-corrected chi connectivity index (χ0v) is 35.8. The Kier molecular flexibility index (Phi) is 36.0. The molecule has 0 N–H and O–H groups in total. The highest BCUT2D eigenvalue weighted by Crippen LogP contribution is 2.38. The van der Waals surface area contributed by atoms with E-state index < -0.39 is 13.9 Å². The van der Waals surface area contributed by atoms with E-state index in [0.29, 0.717) is 11.0 Å². The first-order valence-corrected chi connectivity index (χ1v) is 22.9. The molecule has 0 spiro atoms. The van der Waals surface area contributed by atoms with Gasteiger partial charge in [0, 0.05) is 6.42 Å². The topological polar surface area (TPSA) is 94.1 Å². The molecule has 0 aliphatic rings. The van der Waals surface area contributed by atoms with Crippen molar-refractivity contribution in [3.63, 3.8) is 0 Å². The summed E-state index contributed by atoms with van der Waals surface area (Å²) >= 11 is 0. The third-order valence-corrected chi connectivity index (χ3v) is 9.91. The van der Waals surface area contributed by atoms with Gasteiger partial charge < -0.3 is 27.9 Å². The zero-order valence-electron chi connectivity index (χ0n) is 35.0. The molecule has 0 fully saturated rings. The number of hydrogen-bond donors (Lipinski definition) is 0. The van der Waals surface area contributed by atoms with Gasteiger partial charge in [-0.25, -0.2) is 0 Å². The average Bonchev–Trinajstić information content (AvgIpc) is 3.11. The molecule has 53 heavy (non-hydrogen) atoms. The molecule has 2 atom stereocenters. The van der Waals surface area contributed by atoms with E-state index in [1.54, 1.807) is 6.26 Å². The molecule has 0 amide bonds. The van der Waals surface area contributed by atoms with Crippen molar-refractivity contribution in [2.45, 2.75) is 180 Å². The molecule has 310 valence electrons. The maximum atomic E-state index is 12.6. The van der Waals surface area contributed by atoms with Crippen LogP contribution in [-0.4, -0.2) is 64.1 Å². The second-order valence-corrected chi connectivity index (χ2v) is 16.8. The molecule has 8 nitrogen and oxygen atoms in total. The zero-order chi connectivity index (χ0) is 39.1. The second kappa shape index (κ2) is 37.2. The molecule has 0 heterocycles. The predicted octanol–water partition coefficient (Wildman–Crippen LogP) is 12.1. The number of ether oxygens (including phenoxy) is 2. The number of likely N-dealkylation sites (N-methyl/N-ethyl adjacent to an activating group) is 1. The number of phosphoric acid groups is 1. The van der Waals surface area contributed by atoms with Crippen LogP contribution in [0.5, 0.6) is 0 Å². The van der Waals surface area contributed by atoms with Gasteiger partial charge in [0.15, 0.2) is 6.10 Å². The summed E-state index contributed by atoms with van der Waals surface area (Å²) in [7, 11) is 1.31. The summed E-state index contributed by atoms with van der Waals surface area (Å²) in [4.78, 5) is 25.0. The van der Waals surface area contributed by atoms with Crippen LogP contribution >= 0.6 is 7.82 Å². The van der Waals surface area contributed by atoms with E-state index in [-0.39, 0.29) is 32.2 Å². The van der Waals surface area contributed by atoms with Crippen molar-refractivity contribution in [1.82, 2.24) is 0 Å². The molecule has 0 saturated carbocycles. The van der Waals surface area contributed by atoms with E-state index in [2.05, 4.69) is 50.3 Å². The predicted molar refractivity (Wildman–Crippen MR) is 222 cm³/mol. The van der Waals surface area contributed by atoms with Crippen molar-refractivity contribution >= 4 is 13.8 Å². The monoisotopic (exact) mass is 768 g/mol. The number of nitrogens with zero attached hydrogens (tertiary/aromatic N) is 1. The molecule has 0 rings (SSSR count). The minimum absolute atomic E-state index is 0.0107. The van der Waals surface area contributed by atoms with Crippen molar-refractivity contribution in [2.75, 3.05) is 47.5 Å². The first-order valence-electron chi connectivity index (χ1n) is 21.4. The van der Waals surface area contributed by atoms with Gasteiger partial charge in [0.1, 0.15) is 19.8 Å². The van der Waals surface area contributed by atoms with Gasteiger partial charge in [0.2, 0.25) is 0 Å². The number of unbranched alkanes of at least 4 members (excludes halogenated alkanes) is 19. The number of carbonyl (C=O) groups excluding carboxylic acids is 1. The van der Waals surface area contributed by atoms with Crippen molar-refractivity contribution in [1.29, 1.82) is 0 Å². The molecule has 0 radical (unpaired) electrons. The number of hydrogen-bond acceptors (Lipinski definition) is 7. The lowest BCUT2D eigenvalue weighted by atomic mass is 10.0. The lowest BCUT2D eigenvalue weighted by Crippen LogP contribution is -2.37. The molecule has 0 aliphatic carbocycles.